The summed E-state index contributed by atoms with van der Waals surface area (Å²) < 4.78 is 10.7. The first-order chi connectivity index (χ1) is 10.3. The molecule has 1 aromatic heterocycles. The molecule has 1 saturated heterocycles. The summed E-state index contributed by atoms with van der Waals surface area (Å²) in [4.78, 5) is 15.5. The van der Waals surface area contributed by atoms with Gasteiger partial charge in [0, 0.05) is 12.1 Å². The van der Waals surface area contributed by atoms with E-state index in [0.29, 0.717) is 24.9 Å². The van der Waals surface area contributed by atoms with E-state index in [4.69, 9.17) is 9.26 Å². The number of piperazine rings is 1. The lowest BCUT2D eigenvalue weighted by atomic mass is 10.2. The molecule has 0 spiro atoms. The number of carbonyl (C=O) groups excluding carboxylic acids is 1. The maximum Gasteiger partial charge on any atom is 0.245 e. The largest absolute Gasteiger partial charge is 0.494 e. The van der Waals surface area contributed by atoms with E-state index in [2.05, 4.69) is 20.8 Å². The molecule has 1 unspecified atom stereocenters. The minimum absolute atomic E-state index is 0.0320. The fourth-order valence-corrected chi connectivity index (χ4v) is 2.13. The maximum absolute atomic E-state index is 11.1. The highest BCUT2D eigenvalue weighted by Crippen LogP contribution is 2.23. The second-order valence-electron chi connectivity index (χ2n) is 4.65. The van der Waals surface area contributed by atoms with Gasteiger partial charge in [0.1, 0.15) is 11.8 Å². The van der Waals surface area contributed by atoms with Crippen LogP contribution in [0.5, 0.6) is 5.75 Å². The van der Waals surface area contributed by atoms with Gasteiger partial charge in [-0.25, -0.2) is 0 Å². The van der Waals surface area contributed by atoms with Crippen LogP contribution in [0.25, 0.3) is 11.4 Å². The van der Waals surface area contributed by atoms with Gasteiger partial charge in [-0.3, -0.25) is 10.1 Å². The first-order valence-corrected chi connectivity index (χ1v) is 6.83. The Kier molecular flexibility index (Phi) is 3.83. The highest BCUT2D eigenvalue weighted by molar-refractivity contribution is 5.78. The summed E-state index contributed by atoms with van der Waals surface area (Å²) in [5, 5.41) is 9.79. The SMILES string of the molecule is CCOc1cccc(-c2noc(C3CNC(=O)CN3)n2)c1. The van der Waals surface area contributed by atoms with Crippen molar-refractivity contribution in [3.8, 4) is 17.1 Å². The lowest BCUT2D eigenvalue weighted by Gasteiger charge is -2.20. The first kappa shape index (κ1) is 13.6. The third kappa shape index (κ3) is 3.03. The molecule has 0 aliphatic carbocycles. The summed E-state index contributed by atoms with van der Waals surface area (Å²) in [6, 6.07) is 7.38. The predicted molar refractivity (Wildman–Crippen MR) is 74.7 cm³/mol. The van der Waals surface area contributed by atoms with Crippen molar-refractivity contribution in [2.24, 2.45) is 0 Å². The zero-order valence-corrected chi connectivity index (χ0v) is 11.6. The van der Waals surface area contributed by atoms with Crippen LogP contribution < -0.4 is 15.4 Å². The molecule has 1 aliphatic heterocycles. The molecule has 2 aromatic rings. The molecule has 2 heterocycles. The molecule has 1 aliphatic rings. The second kappa shape index (κ2) is 5.92. The van der Waals surface area contributed by atoms with Gasteiger partial charge in [0.15, 0.2) is 0 Å². The van der Waals surface area contributed by atoms with Crippen LogP contribution in [0.1, 0.15) is 18.9 Å². The van der Waals surface area contributed by atoms with Crippen molar-refractivity contribution in [3.63, 3.8) is 0 Å². The number of hydrogen-bond donors (Lipinski definition) is 2. The maximum atomic E-state index is 11.1. The molecule has 110 valence electrons. The van der Waals surface area contributed by atoms with Crippen LogP contribution in [0.3, 0.4) is 0 Å². The number of aromatic nitrogens is 2. The highest BCUT2D eigenvalue weighted by atomic mass is 16.5. The van der Waals surface area contributed by atoms with E-state index in [1.54, 1.807) is 0 Å². The van der Waals surface area contributed by atoms with Crippen LogP contribution in [0.2, 0.25) is 0 Å². The van der Waals surface area contributed by atoms with Crippen LogP contribution in [0, 0.1) is 0 Å². The van der Waals surface area contributed by atoms with Crippen LogP contribution in [0.15, 0.2) is 28.8 Å². The van der Waals surface area contributed by atoms with E-state index in [1.165, 1.54) is 0 Å². The average Bonchev–Trinajstić information content (AvgIpc) is 2.98. The highest BCUT2D eigenvalue weighted by Gasteiger charge is 2.24. The van der Waals surface area contributed by atoms with Gasteiger partial charge >= 0.3 is 0 Å². The van der Waals surface area contributed by atoms with Crippen LogP contribution >= 0.6 is 0 Å². The average molecular weight is 288 g/mol. The minimum atomic E-state index is -0.154. The Balaban J connectivity index is 1.78. The number of hydrogen-bond acceptors (Lipinski definition) is 6. The van der Waals surface area contributed by atoms with Gasteiger partial charge in [-0.15, -0.1) is 0 Å². The Hall–Kier alpha value is -2.41. The van der Waals surface area contributed by atoms with Crippen molar-refractivity contribution in [3.05, 3.63) is 30.2 Å². The van der Waals surface area contributed by atoms with Crippen LogP contribution in [0.4, 0.5) is 0 Å². The van der Waals surface area contributed by atoms with Gasteiger partial charge < -0.3 is 14.6 Å². The Morgan fingerprint density at radius 1 is 1.48 bits per heavy atom. The molecule has 3 rings (SSSR count). The van der Waals surface area contributed by atoms with Crippen molar-refractivity contribution in [2.45, 2.75) is 13.0 Å². The summed E-state index contributed by atoms with van der Waals surface area (Å²) in [5.41, 5.74) is 0.829. The lowest BCUT2D eigenvalue weighted by Crippen LogP contribution is -2.47. The van der Waals surface area contributed by atoms with Crippen molar-refractivity contribution in [1.82, 2.24) is 20.8 Å². The van der Waals surface area contributed by atoms with Crippen molar-refractivity contribution in [1.29, 1.82) is 0 Å². The molecule has 0 saturated carbocycles. The summed E-state index contributed by atoms with van der Waals surface area (Å²) in [5.74, 6) is 1.71. The molecule has 1 aromatic carbocycles. The zero-order valence-electron chi connectivity index (χ0n) is 11.6. The van der Waals surface area contributed by atoms with Gasteiger partial charge in [-0.2, -0.15) is 4.98 Å². The van der Waals surface area contributed by atoms with Gasteiger partial charge in [0.25, 0.3) is 0 Å². The summed E-state index contributed by atoms with van der Waals surface area (Å²) in [6.45, 7) is 3.23. The van der Waals surface area contributed by atoms with Gasteiger partial charge in [-0.1, -0.05) is 17.3 Å². The molecule has 21 heavy (non-hydrogen) atoms. The van der Waals surface area contributed by atoms with Crippen LogP contribution in [-0.2, 0) is 4.79 Å². The normalized spacial score (nSPS) is 18.3. The van der Waals surface area contributed by atoms with Crippen molar-refractivity contribution < 1.29 is 14.1 Å². The Morgan fingerprint density at radius 2 is 2.38 bits per heavy atom. The Morgan fingerprint density at radius 3 is 3.14 bits per heavy atom. The third-order valence-electron chi connectivity index (χ3n) is 3.16. The molecule has 1 amide bonds. The standard InChI is InChI=1S/C14H16N4O3/c1-2-20-10-5-3-4-9(6-10)13-17-14(21-18-13)11-7-16-12(19)8-15-11/h3-6,11,15H,2,7-8H2,1H3,(H,16,19). The van der Waals surface area contributed by atoms with Crippen molar-refractivity contribution >= 4 is 5.91 Å². The number of rotatable bonds is 4. The number of ether oxygens (including phenoxy) is 1. The summed E-state index contributed by atoms with van der Waals surface area (Å²) in [7, 11) is 0. The van der Waals surface area contributed by atoms with Crippen molar-refractivity contribution in [2.75, 3.05) is 19.7 Å². The topological polar surface area (TPSA) is 89.3 Å². The molecule has 2 N–H and O–H groups in total. The summed E-state index contributed by atoms with van der Waals surface area (Å²) in [6.07, 6.45) is 0. The lowest BCUT2D eigenvalue weighted by molar-refractivity contribution is -0.121. The number of nitrogens with one attached hydrogen (secondary N) is 2. The van der Waals surface area contributed by atoms with E-state index in [9.17, 15) is 4.79 Å². The molecule has 1 atom stereocenters. The first-order valence-electron chi connectivity index (χ1n) is 6.83. The molecule has 0 bridgehead atoms. The Labute approximate surface area is 121 Å². The van der Waals surface area contributed by atoms with E-state index in [-0.39, 0.29) is 18.5 Å². The molecular weight excluding hydrogens is 272 g/mol. The van der Waals surface area contributed by atoms with E-state index in [1.807, 2.05) is 31.2 Å². The molecular formula is C14H16N4O3. The fourth-order valence-electron chi connectivity index (χ4n) is 2.13. The zero-order chi connectivity index (χ0) is 14.7. The molecule has 1 fully saturated rings. The molecule has 0 radical (unpaired) electrons. The third-order valence-corrected chi connectivity index (χ3v) is 3.16. The molecule has 7 heteroatoms. The summed E-state index contributed by atoms with van der Waals surface area (Å²) >= 11 is 0. The molecule has 7 nitrogen and oxygen atoms in total. The smallest absolute Gasteiger partial charge is 0.245 e. The monoisotopic (exact) mass is 288 g/mol. The van der Waals surface area contributed by atoms with Gasteiger partial charge in [0.2, 0.25) is 17.6 Å². The van der Waals surface area contributed by atoms with Gasteiger partial charge in [-0.05, 0) is 19.1 Å². The van der Waals surface area contributed by atoms with E-state index < -0.39 is 0 Å². The fraction of sp³-hybridized carbons (Fsp3) is 0.357. The van der Waals surface area contributed by atoms with E-state index in [0.717, 1.165) is 11.3 Å². The van der Waals surface area contributed by atoms with E-state index >= 15 is 0 Å². The predicted octanol–water partition coefficient (Wildman–Crippen LogP) is 0.896. The number of amides is 1. The van der Waals surface area contributed by atoms with Gasteiger partial charge in [0.05, 0.1) is 13.2 Å². The quantitative estimate of drug-likeness (QED) is 0.868. The Bertz CT molecular complexity index is 631. The number of nitrogens with zero attached hydrogens (tertiary/aromatic N) is 2. The number of benzene rings is 1. The number of carbonyl (C=O) groups is 1. The second-order valence-corrected chi connectivity index (χ2v) is 4.65. The van der Waals surface area contributed by atoms with Crippen LogP contribution in [-0.4, -0.2) is 35.7 Å². The minimum Gasteiger partial charge on any atom is -0.494 e.